The van der Waals surface area contributed by atoms with E-state index in [9.17, 15) is 8.42 Å². The Kier molecular flexibility index (Phi) is 5.31. The Morgan fingerprint density at radius 1 is 0.962 bits per heavy atom. The molecule has 8 heteroatoms. The molecule has 0 spiro atoms. The summed E-state index contributed by atoms with van der Waals surface area (Å²) in [5, 5.41) is 0. The quantitative estimate of drug-likeness (QED) is 0.716. The normalized spacial score (nSPS) is 34.7. The van der Waals surface area contributed by atoms with Gasteiger partial charge in [-0.3, -0.25) is 4.18 Å². The smallest absolute Gasteiger partial charge is 0.297 e. The van der Waals surface area contributed by atoms with Crippen LogP contribution in [0, 0.1) is 6.92 Å². The van der Waals surface area contributed by atoms with Crippen molar-refractivity contribution >= 4 is 10.1 Å². The maximum absolute atomic E-state index is 12.5. The molecule has 0 amide bonds. The molecule has 3 aliphatic heterocycles. The van der Waals surface area contributed by atoms with Crippen LogP contribution in [0.2, 0.25) is 0 Å². The van der Waals surface area contributed by atoms with Crippen LogP contribution >= 0.6 is 0 Å². The average Bonchev–Trinajstić information content (AvgIpc) is 3.20. The highest BCUT2D eigenvalue weighted by atomic mass is 32.2. The lowest BCUT2D eigenvalue weighted by atomic mass is 10.1. The van der Waals surface area contributed by atoms with Crippen LogP contribution in [-0.4, -0.2) is 58.9 Å². The predicted octanol–water partition coefficient (Wildman–Crippen LogP) is 1.78. The summed E-state index contributed by atoms with van der Waals surface area (Å²) in [5.74, 6) is 0. The van der Waals surface area contributed by atoms with Gasteiger partial charge in [0.1, 0.15) is 24.4 Å². The van der Waals surface area contributed by atoms with Crippen LogP contribution in [0.15, 0.2) is 29.2 Å². The van der Waals surface area contributed by atoms with Crippen molar-refractivity contribution in [3.63, 3.8) is 0 Å². The highest BCUT2D eigenvalue weighted by Gasteiger charge is 2.51. The zero-order valence-corrected chi connectivity index (χ0v) is 15.5. The summed E-state index contributed by atoms with van der Waals surface area (Å²) in [6, 6.07) is 6.56. The lowest BCUT2D eigenvalue weighted by Crippen LogP contribution is -2.38. The summed E-state index contributed by atoms with van der Waals surface area (Å²) in [4.78, 5) is 0.132. The standard InChI is InChI=1S/C18H24O7S/c1-12-5-7-13(8-6-12)26(19,20)25-15-11-23-17-14(10-22-18(15)17)24-16-4-2-3-9-21-16/h5-8,14-18H,2-4,9-11H2,1H3/t14?,15?,16?,17-,18-/m1/s1. The van der Waals surface area contributed by atoms with E-state index < -0.39 is 22.3 Å². The van der Waals surface area contributed by atoms with Gasteiger partial charge in [-0.1, -0.05) is 17.7 Å². The van der Waals surface area contributed by atoms with Crippen LogP contribution in [0.5, 0.6) is 0 Å². The van der Waals surface area contributed by atoms with E-state index in [0.29, 0.717) is 13.2 Å². The van der Waals surface area contributed by atoms with Gasteiger partial charge in [0, 0.05) is 6.61 Å². The summed E-state index contributed by atoms with van der Waals surface area (Å²) in [6.07, 6.45) is 1.02. The van der Waals surface area contributed by atoms with Gasteiger partial charge in [-0.25, -0.2) is 0 Å². The second-order valence-corrected chi connectivity index (χ2v) is 8.54. The van der Waals surface area contributed by atoms with Gasteiger partial charge < -0.3 is 18.9 Å². The molecule has 0 radical (unpaired) electrons. The van der Waals surface area contributed by atoms with Gasteiger partial charge in [0.25, 0.3) is 10.1 Å². The first kappa shape index (κ1) is 18.3. The van der Waals surface area contributed by atoms with Crippen molar-refractivity contribution in [2.45, 2.75) is 61.8 Å². The second-order valence-electron chi connectivity index (χ2n) is 6.97. The van der Waals surface area contributed by atoms with Gasteiger partial charge in [0.05, 0.1) is 18.1 Å². The molecule has 144 valence electrons. The van der Waals surface area contributed by atoms with Crippen molar-refractivity contribution in [2.24, 2.45) is 0 Å². The van der Waals surface area contributed by atoms with Crippen LogP contribution < -0.4 is 0 Å². The van der Waals surface area contributed by atoms with Gasteiger partial charge in [0.2, 0.25) is 0 Å². The molecule has 3 fully saturated rings. The Bertz CT molecular complexity index is 712. The van der Waals surface area contributed by atoms with Crippen LogP contribution in [0.3, 0.4) is 0 Å². The molecule has 1 aromatic carbocycles. The van der Waals surface area contributed by atoms with E-state index in [1.165, 1.54) is 0 Å². The molecule has 7 nitrogen and oxygen atoms in total. The maximum atomic E-state index is 12.5. The molecular formula is C18H24O7S. The number of hydrogen-bond donors (Lipinski definition) is 0. The fraction of sp³-hybridized carbons (Fsp3) is 0.667. The minimum Gasteiger partial charge on any atom is -0.370 e. The van der Waals surface area contributed by atoms with E-state index in [2.05, 4.69) is 0 Å². The van der Waals surface area contributed by atoms with E-state index >= 15 is 0 Å². The second kappa shape index (κ2) is 7.53. The van der Waals surface area contributed by atoms with Crippen molar-refractivity contribution in [1.29, 1.82) is 0 Å². The molecule has 3 unspecified atom stereocenters. The Morgan fingerprint density at radius 2 is 1.65 bits per heavy atom. The van der Waals surface area contributed by atoms with E-state index in [0.717, 1.165) is 24.8 Å². The SMILES string of the molecule is Cc1ccc(S(=O)(=O)OC2CO[C@@H]3C(OC4CCCCO4)CO[C@H]23)cc1. The monoisotopic (exact) mass is 384 g/mol. The lowest BCUT2D eigenvalue weighted by Gasteiger charge is -2.27. The Morgan fingerprint density at radius 3 is 2.35 bits per heavy atom. The van der Waals surface area contributed by atoms with Gasteiger partial charge in [0.15, 0.2) is 6.29 Å². The lowest BCUT2D eigenvalue weighted by molar-refractivity contribution is -0.202. The first-order valence-corrected chi connectivity index (χ1v) is 10.4. The zero-order chi connectivity index (χ0) is 18.1. The third kappa shape index (κ3) is 3.81. The number of benzene rings is 1. The van der Waals surface area contributed by atoms with E-state index in [-0.39, 0.29) is 30.0 Å². The summed E-state index contributed by atoms with van der Waals surface area (Å²) >= 11 is 0. The van der Waals surface area contributed by atoms with Crippen LogP contribution in [0.25, 0.3) is 0 Å². The molecule has 1 aromatic rings. The minimum absolute atomic E-state index is 0.132. The summed E-state index contributed by atoms with van der Waals surface area (Å²) in [5.41, 5.74) is 0.984. The first-order chi connectivity index (χ1) is 12.5. The van der Waals surface area contributed by atoms with Crippen LogP contribution in [0.1, 0.15) is 24.8 Å². The topological polar surface area (TPSA) is 80.3 Å². The molecule has 5 atom stereocenters. The first-order valence-electron chi connectivity index (χ1n) is 9.03. The predicted molar refractivity (Wildman–Crippen MR) is 91.2 cm³/mol. The van der Waals surface area contributed by atoms with Crippen molar-refractivity contribution < 1.29 is 31.5 Å². The van der Waals surface area contributed by atoms with E-state index in [1.54, 1.807) is 24.3 Å². The Hall–Kier alpha value is -1.03. The number of rotatable bonds is 5. The molecule has 0 aromatic heterocycles. The van der Waals surface area contributed by atoms with Crippen LogP contribution in [0.4, 0.5) is 0 Å². The average molecular weight is 384 g/mol. The number of fused-ring (bicyclic) bond motifs is 1. The fourth-order valence-electron chi connectivity index (χ4n) is 3.56. The highest BCUT2D eigenvalue weighted by Crippen LogP contribution is 2.33. The Balaban J connectivity index is 1.38. The molecule has 26 heavy (non-hydrogen) atoms. The van der Waals surface area contributed by atoms with E-state index in [4.69, 9.17) is 23.1 Å². The minimum atomic E-state index is -3.87. The largest absolute Gasteiger partial charge is 0.370 e. The molecule has 0 N–H and O–H groups in total. The maximum Gasteiger partial charge on any atom is 0.297 e. The van der Waals surface area contributed by atoms with Crippen molar-refractivity contribution in [1.82, 2.24) is 0 Å². The van der Waals surface area contributed by atoms with Gasteiger partial charge >= 0.3 is 0 Å². The third-order valence-electron chi connectivity index (χ3n) is 4.99. The molecule has 3 heterocycles. The summed E-state index contributed by atoms with van der Waals surface area (Å²) in [7, 11) is -3.87. The molecule has 0 aliphatic carbocycles. The highest BCUT2D eigenvalue weighted by molar-refractivity contribution is 7.86. The third-order valence-corrected chi connectivity index (χ3v) is 6.34. The molecule has 0 bridgehead atoms. The van der Waals surface area contributed by atoms with Crippen LogP contribution in [-0.2, 0) is 33.2 Å². The summed E-state index contributed by atoms with van der Waals surface area (Å²) in [6.45, 7) is 3.11. The molecule has 4 rings (SSSR count). The Labute approximate surface area is 153 Å². The van der Waals surface area contributed by atoms with Crippen molar-refractivity contribution in [2.75, 3.05) is 19.8 Å². The van der Waals surface area contributed by atoms with E-state index in [1.807, 2.05) is 6.92 Å². The molecule has 0 saturated carbocycles. The molecule has 3 saturated heterocycles. The van der Waals surface area contributed by atoms with Gasteiger partial charge in [-0.15, -0.1) is 0 Å². The molecular weight excluding hydrogens is 360 g/mol. The molecule has 3 aliphatic rings. The number of aryl methyl sites for hydroxylation is 1. The number of ether oxygens (including phenoxy) is 4. The van der Waals surface area contributed by atoms with Crippen molar-refractivity contribution in [3.05, 3.63) is 29.8 Å². The fourth-order valence-corrected chi connectivity index (χ4v) is 4.64. The summed E-state index contributed by atoms with van der Waals surface area (Å²) < 4.78 is 53.5. The number of hydrogen-bond acceptors (Lipinski definition) is 7. The van der Waals surface area contributed by atoms with Gasteiger partial charge in [-0.2, -0.15) is 8.42 Å². The zero-order valence-electron chi connectivity index (χ0n) is 14.7. The van der Waals surface area contributed by atoms with Crippen molar-refractivity contribution in [3.8, 4) is 0 Å². The van der Waals surface area contributed by atoms with Gasteiger partial charge in [-0.05, 0) is 38.3 Å².